The Morgan fingerprint density at radius 2 is 0.870 bits per heavy atom. The van der Waals surface area contributed by atoms with Crippen LogP contribution >= 0.6 is 16.1 Å². The van der Waals surface area contributed by atoms with Crippen molar-refractivity contribution in [1.29, 1.82) is 0 Å². The molecule has 0 aliphatic heterocycles. The predicted octanol–water partition coefficient (Wildman–Crippen LogP) is 5.88. The molecule has 0 heterocycles. The summed E-state index contributed by atoms with van der Waals surface area (Å²) in [5, 5.41) is 0. The molecule has 0 bridgehead atoms. The summed E-state index contributed by atoms with van der Waals surface area (Å²) in [5.74, 6) is 0. The Balaban J connectivity index is 1.91. The zero-order valence-electron chi connectivity index (χ0n) is 14.6. The molecule has 3 aliphatic carbocycles. The van der Waals surface area contributed by atoms with Crippen LogP contribution in [-0.4, -0.2) is 26.8 Å². The summed E-state index contributed by atoms with van der Waals surface area (Å²) >= 11 is 0. The van der Waals surface area contributed by atoms with E-state index in [1.807, 2.05) is 0 Å². The average Bonchev–Trinajstić information content (AvgIpc) is 2.62. The van der Waals surface area contributed by atoms with E-state index in [9.17, 15) is 9.79 Å². The molecule has 136 valence electrons. The summed E-state index contributed by atoms with van der Waals surface area (Å²) in [4.78, 5) is 19.8. The fourth-order valence-corrected chi connectivity index (χ4v) is 14.9. The van der Waals surface area contributed by atoms with Crippen LogP contribution in [0.4, 0.5) is 0 Å². The summed E-state index contributed by atoms with van der Waals surface area (Å²) in [7, 11) is -4.33. The van der Waals surface area contributed by atoms with E-state index in [4.69, 9.17) is 4.31 Å². The molecule has 5 heteroatoms. The second-order valence-corrected chi connectivity index (χ2v) is 13.6. The summed E-state index contributed by atoms with van der Waals surface area (Å²) in [6, 6.07) is 0. The van der Waals surface area contributed by atoms with Gasteiger partial charge in [-0.25, -0.2) is 0 Å². The molecule has 3 rings (SSSR count). The molecule has 0 spiro atoms. The number of hydrogen-bond acceptors (Lipinski definition) is 3. The van der Waals surface area contributed by atoms with Gasteiger partial charge in [-0.15, -0.1) is 0 Å². The second-order valence-electron chi connectivity index (χ2n) is 8.20. The van der Waals surface area contributed by atoms with Gasteiger partial charge in [-0.3, -0.25) is 0 Å². The minimum atomic E-state index is -2.20. The number of rotatable bonds is 5. The third kappa shape index (κ3) is 4.29. The third-order valence-electron chi connectivity index (χ3n) is 6.97. The van der Waals surface area contributed by atoms with Crippen molar-refractivity contribution in [3.63, 3.8) is 0 Å². The molecular formula is C18H36O3P2. The zero-order valence-corrected chi connectivity index (χ0v) is 16.5. The van der Waals surface area contributed by atoms with E-state index in [-0.39, 0.29) is 0 Å². The monoisotopic (exact) mass is 362 g/mol. The fraction of sp³-hybridized carbons (Fsp3) is 1.00. The molecule has 0 radical (unpaired) electrons. The Morgan fingerprint density at radius 1 is 0.565 bits per heavy atom. The first-order chi connectivity index (χ1) is 11.2. The maximum absolute atomic E-state index is 9.91. The van der Waals surface area contributed by atoms with Crippen molar-refractivity contribution in [1.82, 2.24) is 0 Å². The van der Waals surface area contributed by atoms with Gasteiger partial charge in [0.05, 0.1) is 0 Å². The normalized spacial score (nSPS) is 27.4. The SMILES string of the molecule is OP(O)O[PH](C1CCCCC1)(C1CCCCC1)C1CCCCC1. The summed E-state index contributed by atoms with van der Waals surface area (Å²) in [5.41, 5.74) is 2.06. The van der Waals surface area contributed by atoms with E-state index in [0.29, 0.717) is 17.0 Å². The molecule has 0 aromatic heterocycles. The first-order valence-corrected chi connectivity index (χ1v) is 13.4. The van der Waals surface area contributed by atoms with Gasteiger partial charge >= 0.3 is 143 Å². The van der Waals surface area contributed by atoms with Gasteiger partial charge in [-0.1, -0.05) is 0 Å². The van der Waals surface area contributed by atoms with Gasteiger partial charge in [-0.05, 0) is 0 Å². The summed E-state index contributed by atoms with van der Waals surface area (Å²) in [6.07, 6.45) is 19.8. The van der Waals surface area contributed by atoms with Gasteiger partial charge in [0, 0.05) is 0 Å². The van der Waals surface area contributed by atoms with Crippen LogP contribution in [0.3, 0.4) is 0 Å². The van der Waals surface area contributed by atoms with Crippen molar-refractivity contribution in [2.45, 2.75) is 113 Å². The fourth-order valence-electron chi connectivity index (χ4n) is 6.03. The van der Waals surface area contributed by atoms with Gasteiger partial charge < -0.3 is 0 Å². The maximum atomic E-state index is 9.91. The minimum absolute atomic E-state index is 0.687. The van der Waals surface area contributed by atoms with Crippen molar-refractivity contribution in [3.05, 3.63) is 0 Å². The van der Waals surface area contributed by atoms with Gasteiger partial charge in [0.1, 0.15) is 0 Å². The van der Waals surface area contributed by atoms with E-state index in [0.717, 1.165) is 0 Å². The van der Waals surface area contributed by atoms with E-state index in [1.165, 1.54) is 96.3 Å². The van der Waals surface area contributed by atoms with Gasteiger partial charge in [0.25, 0.3) is 0 Å². The Labute approximate surface area is 144 Å². The topological polar surface area (TPSA) is 49.7 Å². The molecule has 0 saturated heterocycles. The molecule has 0 aromatic rings. The van der Waals surface area contributed by atoms with E-state index < -0.39 is 16.1 Å². The van der Waals surface area contributed by atoms with Gasteiger partial charge in [-0.2, -0.15) is 0 Å². The molecular weight excluding hydrogens is 326 g/mol. The molecule has 3 nitrogen and oxygen atoms in total. The average molecular weight is 362 g/mol. The van der Waals surface area contributed by atoms with Crippen LogP contribution in [0.2, 0.25) is 0 Å². The van der Waals surface area contributed by atoms with Crippen molar-refractivity contribution < 1.29 is 14.1 Å². The zero-order chi connectivity index (χ0) is 16.1. The number of hydrogen-bond donors (Lipinski definition) is 2. The molecule has 0 unspecified atom stereocenters. The molecule has 2 N–H and O–H groups in total. The Kier molecular flexibility index (Phi) is 7.17. The quantitative estimate of drug-likeness (QED) is 0.601. The van der Waals surface area contributed by atoms with Crippen LogP contribution in [0.5, 0.6) is 0 Å². The molecule has 3 fully saturated rings. The Hall–Kier alpha value is 0.740. The second kappa shape index (κ2) is 8.91. The predicted molar refractivity (Wildman–Crippen MR) is 101 cm³/mol. The van der Waals surface area contributed by atoms with E-state index in [1.54, 1.807) is 0 Å². The summed E-state index contributed by atoms with van der Waals surface area (Å²) in [6.45, 7) is 0. The van der Waals surface area contributed by atoms with Crippen molar-refractivity contribution in [2.75, 3.05) is 0 Å². The first kappa shape index (κ1) is 18.5. The van der Waals surface area contributed by atoms with Crippen LogP contribution in [0.25, 0.3) is 0 Å². The van der Waals surface area contributed by atoms with Gasteiger partial charge in [0.2, 0.25) is 0 Å². The first-order valence-electron chi connectivity index (χ1n) is 10.1. The summed E-state index contributed by atoms with van der Waals surface area (Å²) < 4.78 is 6.37. The Bertz CT molecular complexity index is 301. The van der Waals surface area contributed by atoms with E-state index in [2.05, 4.69) is 0 Å². The standard InChI is InChI=1S/C18H36O3P2/c19-22(20)21-23(16-10-4-1-5-11-16,17-12-6-2-7-13-17)18-14-8-3-9-15-18/h16-20,23H,1-15H2. The van der Waals surface area contributed by atoms with Gasteiger partial charge in [0.15, 0.2) is 0 Å². The molecule has 3 aliphatic rings. The van der Waals surface area contributed by atoms with Crippen LogP contribution < -0.4 is 0 Å². The molecule has 0 aromatic carbocycles. The molecule has 3 saturated carbocycles. The van der Waals surface area contributed by atoms with Crippen LogP contribution in [0.15, 0.2) is 0 Å². The van der Waals surface area contributed by atoms with E-state index >= 15 is 0 Å². The Morgan fingerprint density at radius 3 is 1.13 bits per heavy atom. The third-order valence-corrected chi connectivity index (χ3v) is 14.4. The van der Waals surface area contributed by atoms with Crippen molar-refractivity contribution in [2.24, 2.45) is 0 Å². The van der Waals surface area contributed by atoms with Crippen LogP contribution in [0, 0.1) is 0 Å². The molecule has 0 atom stereocenters. The van der Waals surface area contributed by atoms with Crippen molar-refractivity contribution in [3.8, 4) is 0 Å². The molecule has 0 amide bonds. The van der Waals surface area contributed by atoms with Crippen molar-refractivity contribution >= 4 is 16.1 Å². The van der Waals surface area contributed by atoms with Crippen LogP contribution in [-0.2, 0) is 4.31 Å². The molecule has 23 heavy (non-hydrogen) atoms. The van der Waals surface area contributed by atoms with Crippen LogP contribution in [0.1, 0.15) is 96.3 Å².